The number of fused-ring (bicyclic) bond motifs is 1. The molecule has 72 valence electrons. The van der Waals surface area contributed by atoms with Crippen molar-refractivity contribution in [2.75, 3.05) is 12.8 Å². The lowest BCUT2D eigenvalue weighted by atomic mass is 10.3. The second-order valence-corrected chi connectivity index (χ2v) is 2.84. The van der Waals surface area contributed by atoms with Gasteiger partial charge in [0.2, 0.25) is 0 Å². The average molecular weight is 191 g/mol. The molecular weight excluding hydrogens is 182 g/mol. The highest BCUT2D eigenvalue weighted by molar-refractivity contribution is 5.87. The maximum absolute atomic E-state index is 11.2. The summed E-state index contributed by atoms with van der Waals surface area (Å²) in [6.45, 7) is 0. The zero-order valence-corrected chi connectivity index (χ0v) is 7.60. The van der Waals surface area contributed by atoms with Crippen molar-refractivity contribution in [2.45, 2.75) is 0 Å². The Bertz CT molecular complexity index is 490. The number of aromatic nitrogens is 2. The van der Waals surface area contributed by atoms with Crippen LogP contribution < -0.4 is 5.73 Å². The van der Waals surface area contributed by atoms with Crippen molar-refractivity contribution < 1.29 is 9.53 Å². The second kappa shape index (κ2) is 3.02. The van der Waals surface area contributed by atoms with Gasteiger partial charge in [0.05, 0.1) is 19.0 Å². The number of nitrogens with two attached hydrogens (primary N) is 1. The summed E-state index contributed by atoms with van der Waals surface area (Å²) < 4.78 is 5.91. The van der Waals surface area contributed by atoms with Crippen LogP contribution in [0.4, 0.5) is 10.5 Å². The van der Waals surface area contributed by atoms with Crippen molar-refractivity contribution in [3.05, 3.63) is 24.5 Å². The van der Waals surface area contributed by atoms with Crippen molar-refractivity contribution in [3.8, 4) is 0 Å². The largest absolute Gasteiger partial charge is 0.452 e. The molecule has 2 aromatic rings. The Hall–Kier alpha value is -2.04. The molecule has 0 spiro atoms. The highest BCUT2D eigenvalue weighted by Gasteiger charge is 2.09. The van der Waals surface area contributed by atoms with Crippen LogP contribution in [0.1, 0.15) is 0 Å². The maximum atomic E-state index is 11.2. The van der Waals surface area contributed by atoms with E-state index in [9.17, 15) is 4.79 Å². The van der Waals surface area contributed by atoms with Gasteiger partial charge in [-0.15, -0.1) is 0 Å². The molecule has 0 saturated heterocycles. The quantitative estimate of drug-likeness (QED) is 0.679. The molecule has 0 aliphatic heterocycles. The van der Waals surface area contributed by atoms with Gasteiger partial charge in [-0.3, -0.25) is 0 Å². The summed E-state index contributed by atoms with van der Waals surface area (Å²) in [5.41, 5.74) is 6.67. The minimum absolute atomic E-state index is 0.461. The van der Waals surface area contributed by atoms with Gasteiger partial charge in [0.15, 0.2) is 0 Å². The van der Waals surface area contributed by atoms with E-state index >= 15 is 0 Å². The predicted molar refractivity (Wildman–Crippen MR) is 51.9 cm³/mol. The third kappa shape index (κ3) is 1.19. The number of nitrogens with zero attached hydrogens (tertiary/aromatic N) is 2. The highest BCUT2D eigenvalue weighted by atomic mass is 16.5. The smallest absolute Gasteiger partial charge is 0.419 e. The number of pyridine rings is 1. The Balaban J connectivity index is 2.64. The monoisotopic (exact) mass is 191 g/mol. The summed E-state index contributed by atoms with van der Waals surface area (Å²) in [5, 5.41) is 0.815. The molecule has 2 rings (SSSR count). The second-order valence-electron chi connectivity index (χ2n) is 2.84. The van der Waals surface area contributed by atoms with Gasteiger partial charge in [0.1, 0.15) is 5.65 Å². The number of nitrogen functional groups attached to an aromatic ring is 1. The van der Waals surface area contributed by atoms with Gasteiger partial charge in [-0.05, 0) is 12.1 Å². The van der Waals surface area contributed by atoms with Crippen LogP contribution in [0.2, 0.25) is 0 Å². The first-order chi connectivity index (χ1) is 6.72. The van der Waals surface area contributed by atoms with Gasteiger partial charge in [-0.1, -0.05) is 0 Å². The molecule has 0 aliphatic carbocycles. The highest BCUT2D eigenvalue weighted by Crippen LogP contribution is 2.15. The van der Waals surface area contributed by atoms with Gasteiger partial charge in [0.25, 0.3) is 0 Å². The molecule has 5 heteroatoms. The summed E-state index contributed by atoms with van der Waals surface area (Å²) in [4.78, 5) is 15.3. The Kier molecular flexibility index (Phi) is 1.85. The van der Waals surface area contributed by atoms with Crippen LogP contribution in [0.15, 0.2) is 24.5 Å². The minimum atomic E-state index is -0.461. The van der Waals surface area contributed by atoms with E-state index in [0.717, 1.165) is 5.39 Å². The summed E-state index contributed by atoms with van der Waals surface area (Å²) >= 11 is 0. The molecule has 2 heterocycles. The lowest BCUT2D eigenvalue weighted by Crippen LogP contribution is -2.10. The van der Waals surface area contributed by atoms with Crippen molar-refractivity contribution in [2.24, 2.45) is 0 Å². The topological polar surface area (TPSA) is 70.1 Å². The molecule has 2 N–H and O–H groups in total. The van der Waals surface area contributed by atoms with E-state index in [4.69, 9.17) is 5.73 Å². The normalized spacial score (nSPS) is 10.4. The van der Waals surface area contributed by atoms with Gasteiger partial charge >= 0.3 is 6.09 Å². The van der Waals surface area contributed by atoms with Crippen molar-refractivity contribution >= 4 is 22.8 Å². The summed E-state index contributed by atoms with van der Waals surface area (Å²) in [7, 11) is 1.32. The molecule has 0 aromatic carbocycles. The lowest BCUT2D eigenvalue weighted by Gasteiger charge is -2.00. The molecule has 0 saturated carbocycles. The van der Waals surface area contributed by atoms with E-state index in [1.807, 2.05) is 0 Å². The predicted octanol–water partition coefficient (Wildman–Crippen LogP) is 1.23. The van der Waals surface area contributed by atoms with Crippen LogP contribution in [0.3, 0.4) is 0 Å². The molecule has 0 amide bonds. The van der Waals surface area contributed by atoms with E-state index < -0.39 is 6.09 Å². The molecular formula is C9H9N3O2. The Morgan fingerprint density at radius 2 is 2.43 bits per heavy atom. The van der Waals surface area contributed by atoms with E-state index in [2.05, 4.69) is 9.72 Å². The molecule has 0 atom stereocenters. The number of ether oxygens (including phenoxy) is 1. The number of hydrogen-bond donors (Lipinski definition) is 1. The Morgan fingerprint density at radius 3 is 3.14 bits per heavy atom. The minimum Gasteiger partial charge on any atom is -0.452 e. The van der Waals surface area contributed by atoms with Gasteiger partial charge < -0.3 is 10.5 Å². The van der Waals surface area contributed by atoms with Gasteiger partial charge in [-0.25, -0.2) is 14.3 Å². The maximum Gasteiger partial charge on any atom is 0.419 e. The van der Waals surface area contributed by atoms with E-state index in [1.54, 1.807) is 18.3 Å². The SMILES string of the molecule is COC(=O)n1ccc2cc(N)cnc21. The van der Waals surface area contributed by atoms with Gasteiger partial charge in [0, 0.05) is 11.6 Å². The van der Waals surface area contributed by atoms with E-state index in [0.29, 0.717) is 11.3 Å². The molecule has 0 radical (unpaired) electrons. The first-order valence-corrected chi connectivity index (χ1v) is 4.03. The number of hydrogen-bond acceptors (Lipinski definition) is 4. The van der Waals surface area contributed by atoms with Crippen LogP contribution >= 0.6 is 0 Å². The molecule has 0 aliphatic rings. The molecule has 5 nitrogen and oxygen atoms in total. The van der Waals surface area contributed by atoms with Crippen molar-refractivity contribution in [1.82, 2.24) is 9.55 Å². The number of anilines is 1. The first kappa shape index (κ1) is 8.55. The number of carbonyl (C=O) groups excluding carboxylic acids is 1. The van der Waals surface area contributed by atoms with Crippen molar-refractivity contribution in [1.29, 1.82) is 0 Å². The van der Waals surface area contributed by atoms with E-state index in [-0.39, 0.29) is 0 Å². The number of carbonyl (C=O) groups is 1. The van der Waals surface area contributed by atoms with Crippen molar-refractivity contribution in [3.63, 3.8) is 0 Å². The number of rotatable bonds is 0. The fourth-order valence-corrected chi connectivity index (χ4v) is 1.29. The molecule has 0 bridgehead atoms. The first-order valence-electron chi connectivity index (χ1n) is 4.03. The van der Waals surface area contributed by atoms with Crippen LogP contribution in [-0.2, 0) is 4.74 Å². The summed E-state index contributed by atoms with van der Waals surface area (Å²) in [5.74, 6) is 0. The Morgan fingerprint density at radius 1 is 1.64 bits per heavy atom. The molecule has 14 heavy (non-hydrogen) atoms. The van der Waals surface area contributed by atoms with Crippen LogP contribution in [0.5, 0.6) is 0 Å². The fraction of sp³-hybridized carbons (Fsp3) is 0.111. The third-order valence-electron chi connectivity index (χ3n) is 1.92. The molecule has 0 fully saturated rings. The van der Waals surface area contributed by atoms with E-state index in [1.165, 1.54) is 17.9 Å². The Labute approximate surface area is 80.1 Å². The zero-order chi connectivity index (χ0) is 10.1. The lowest BCUT2D eigenvalue weighted by molar-refractivity contribution is 0.174. The van der Waals surface area contributed by atoms with Crippen LogP contribution in [0.25, 0.3) is 11.0 Å². The zero-order valence-electron chi connectivity index (χ0n) is 7.60. The average Bonchev–Trinajstić information content (AvgIpc) is 2.59. The third-order valence-corrected chi connectivity index (χ3v) is 1.92. The van der Waals surface area contributed by atoms with Crippen LogP contribution in [0, 0.1) is 0 Å². The summed E-state index contributed by atoms with van der Waals surface area (Å²) in [6, 6.07) is 3.51. The summed E-state index contributed by atoms with van der Waals surface area (Å²) in [6.07, 6.45) is 2.64. The molecule has 2 aromatic heterocycles. The van der Waals surface area contributed by atoms with Crippen LogP contribution in [-0.4, -0.2) is 22.8 Å². The fourth-order valence-electron chi connectivity index (χ4n) is 1.29. The van der Waals surface area contributed by atoms with Gasteiger partial charge in [-0.2, -0.15) is 0 Å². The number of methoxy groups -OCH3 is 1. The molecule has 0 unspecified atom stereocenters. The standard InChI is InChI=1S/C9H9N3O2/c1-14-9(13)12-3-2-6-4-7(10)5-11-8(6)12/h2-5H,10H2,1H3.